The van der Waals surface area contributed by atoms with Crippen LogP contribution in [0, 0.1) is 0 Å². The molecule has 3 heteroatoms. The van der Waals surface area contributed by atoms with Gasteiger partial charge in [-0.1, -0.05) is 45.9 Å². The van der Waals surface area contributed by atoms with Gasteiger partial charge in [0.25, 0.3) is 0 Å². The van der Waals surface area contributed by atoms with E-state index >= 15 is 0 Å². The maximum atomic E-state index is 6.84. The number of benzene rings is 1. The zero-order valence-corrected chi connectivity index (χ0v) is 14.5. The van der Waals surface area contributed by atoms with Crippen molar-refractivity contribution in [2.45, 2.75) is 52.1 Å². The summed E-state index contributed by atoms with van der Waals surface area (Å²) >= 11 is 1.81. The largest absolute Gasteiger partial charge is 0.322 e. The molecule has 0 aliphatic heterocycles. The third-order valence-corrected chi connectivity index (χ3v) is 6.02. The van der Waals surface area contributed by atoms with Crippen LogP contribution in [0.4, 0.5) is 0 Å². The highest BCUT2D eigenvalue weighted by Crippen LogP contribution is 2.39. The van der Waals surface area contributed by atoms with Gasteiger partial charge in [0, 0.05) is 16.3 Å². The molecule has 2 aromatic rings. The second kappa shape index (κ2) is 6.91. The zero-order valence-electron chi connectivity index (χ0n) is 13.7. The molecule has 21 heavy (non-hydrogen) atoms. The van der Waals surface area contributed by atoms with Gasteiger partial charge in [0.05, 0.1) is 0 Å². The van der Waals surface area contributed by atoms with Gasteiger partial charge in [-0.3, -0.25) is 4.90 Å². The third-order valence-electron chi connectivity index (χ3n) is 5.04. The van der Waals surface area contributed by atoms with E-state index in [0.717, 1.165) is 25.9 Å². The average Bonchev–Trinajstić information content (AvgIpc) is 3.00. The third kappa shape index (κ3) is 2.75. The molecular weight excluding hydrogens is 276 g/mol. The fraction of sp³-hybridized carbons (Fsp3) is 0.556. The van der Waals surface area contributed by atoms with Crippen LogP contribution in [0.15, 0.2) is 29.6 Å². The molecule has 1 aromatic carbocycles. The summed E-state index contributed by atoms with van der Waals surface area (Å²) in [5.41, 5.74) is 8.18. The standard InChI is InChI=1S/C18H28N2S/c1-5-18(6-2,20(7-3)8-4)17(19)15-11-9-10-14-12-13-21-16(14)15/h9-13,17H,5-8,19H2,1-4H3. The summed E-state index contributed by atoms with van der Waals surface area (Å²) in [6.07, 6.45) is 2.15. The van der Waals surface area contributed by atoms with Gasteiger partial charge in [0.2, 0.25) is 0 Å². The van der Waals surface area contributed by atoms with Gasteiger partial charge in [0.15, 0.2) is 0 Å². The number of fused-ring (bicyclic) bond motifs is 1. The van der Waals surface area contributed by atoms with Crippen LogP contribution >= 0.6 is 11.3 Å². The lowest BCUT2D eigenvalue weighted by Gasteiger charge is -2.46. The summed E-state index contributed by atoms with van der Waals surface area (Å²) in [6, 6.07) is 8.77. The first-order valence-corrected chi connectivity index (χ1v) is 8.99. The highest BCUT2D eigenvalue weighted by molar-refractivity contribution is 7.17. The zero-order chi connectivity index (χ0) is 15.5. The van der Waals surface area contributed by atoms with Crippen LogP contribution in [0.2, 0.25) is 0 Å². The molecule has 1 aromatic heterocycles. The first-order chi connectivity index (χ1) is 10.1. The molecule has 0 saturated carbocycles. The van der Waals surface area contributed by atoms with E-state index in [1.807, 2.05) is 11.3 Å². The fourth-order valence-corrected chi connectivity index (χ4v) is 4.69. The maximum Gasteiger partial charge on any atom is 0.0496 e. The van der Waals surface area contributed by atoms with Gasteiger partial charge in [-0.15, -0.1) is 11.3 Å². The van der Waals surface area contributed by atoms with Gasteiger partial charge in [0.1, 0.15) is 0 Å². The molecule has 2 N–H and O–H groups in total. The molecule has 2 rings (SSSR count). The van der Waals surface area contributed by atoms with E-state index in [1.165, 1.54) is 15.6 Å². The predicted molar refractivity (Wildman–Crippen MR) is 95.0 cm³/mol. The number of rotatable bonds is 7. The van der Waals surface area contributed by atoms with Crippen molar-refractivity contribution in [3.05, 3.63) is 35.2 Å². The Morgan fingerprint density at radius 3 is 2.33 bits per heavy atom. The summed E-state index contributed by atoms with van der Waals surface area (Å²) in [5.74, 6) is 0. The lowest BCUT2D eigenvalue weighted by atomic mass is 9.79. The summed E-state index contributed by atoms with van der Waals surface area (Å²) in [5, 5.41) is 3.48. The Morgan fingerprint density at radius 1 is 1.10 bits per heavy atom. The number of hydrogen-bond donors (Lipinski definition) is 1. The van der Waals surface area contributed by atoms with Crippen molar-refractivity contribution >= 4 is 21.4 Å². The molecule has 0 spiro atoms. The minimum Gasteiger partial charge on any atom is -0.322 e. The predicted octanol–water partition coefficient (Wildman–Crippen LogP) is 4.80. The number of hydrogen-bond acceptors (Lipinski definition) is 3. The Balaban J connectivity index is 2.52. The Hall–Kier alpha value is -0.900. The van der Waals surface area contributed by atoms with E-state index in [4.69, 9.17) is 5.73 Å². The normalized spacial score (nSPS) is 14.0. The Labute approximate surface area is 133 Å². The van der Waals surface area contributed by atoms with Crippen LogP contribution < -0.4 is 5.73 Å². The van der Waals surface area contributed by atoms with Crippen LogP contribution in [0.5, 0.6) is 0 Å². The molecular formula is C18H28N2S. The lowest BCUT2D eigenvalue weighted by molar-refractivity contribution is 0.0630. The number of nitrogens with zero attached hydrogens (tertiary/aromatic N) is 1. The van der Waals surface area contributed by atoms with Crippen molar-refractivity contribution in [2.24, 2.45) is 5.73 Å². The van der Waals surface area contributed by atoms with Crippen molar-refractivity contribution in [3.63, 3.8) is 0 Å². The molecule has 0 aliphatic rings. The average molecular weight is 305 g/mol. The number of nitrogens with two attached hydrogens (primary N) is 1. The molecule has 2 nitrogen and oxygen atoms in total. The highest BCUT2D eigenvalue weighted by atomic mass is 32.1. The quantitative estimate of drug-likeness (QED) is 0.796. The van der Waals surface area contributed by atoms with Gasteiger partial charge in [-0.05, 0) is 48.3 Å². The topological polar surface area (TPSA) is 29.3 Å². The van der Waals surface area contributed by atoms with E-state index in [9.17, 15) is 0 Å². The Kier molecular flexibility index (Phi) is 5.42. The van der Waals surface area contributed by atoms with Crippen LogP contribution in [0.1, 0.15) is 52.1 Å². The molecule has 1 heterocycles. The van der Waals surface area contributed by atoms with E-state index in [-0.39, 0.29) is 11.6 Å². The summed E-state index contributed by atoms with van der Waals surface area (Å²) in [7, 11) is 0. The van der Waals surface area contributed by atoms with Crippen molar-refractivity contribution in [1.29, 1.82) is 0 Å². The molecule has 0 amide bonds. The van der Waals surface area contributed by atoms with Gasteiger partial charge in [-0.2, -0.15) is 0 Å². The second-order valence-electron chi connectivity index (χ2n) is 5.65. The molecule has 0 radical (unpaired) electrons. The van der Waals surface area contributed by atoms with Crippen LogP contribution in [0.3, 0.4) is 0 Å². The fourth-order valence-electron chi connectivity index (χ4n) is 3.74. The monoisotopic (exact) mass is 304 g/mol. The molecule has 0 fully saturated rings. The SMILES string of the molecule is CCN(CC)C(CC)(CC)C(N)c1cccc2ccsc12. The minimum atomic E-state index is 0.0434. The van der Waals surface area contributed by atoms with Gasteiger partial charge >= 0.3 is 0 Å². The summed E-state index contributed by atoms with van der Waals surface area (Å²) in [4.78, 5) is 2.55. The molecule has 0 saturated heterocycles. The minimum absolute atomic E-state index is 0.0434. The summed E-state index contributed by atoms with van der Waals surface area (Å²) < 4.78 is 1.35. The van der Waals surface area contributed by atoms with Gasteiger partial charge < -0.3 is 5.73 Å². The van der Waals surface area contributed by atoms with E-state index in [2.05, 4.69) is 62.2 Å². The molecule has 1 unspecified atom stereocenters. The van der Waals surface area contributed by atoms with E-state index in [1.54, 1.807) is 0 Å². The van der Waals surface area contributed by atoms with E-state index in [0.29, 0.717) is 0 Å². The lowest BCUT2D eigenvalue weighted by Crippen LogP contribution is -2.54. The van der Waals surface area contributed by atoms with Crippen LogP contribution in [-0.2, 0) is 0 Å². The Bertz CT molecular complexity index is 567. The molecule has 1 atom stereocenters. The highest BCUT2D eigenvalue weighted by Gasteiger charge is 2.39. The van der Waals surface area contributed by atoms with Gasteiger partial charge in [-0.25, -0.2) is 0 Å². The van der Waals surface area contributed by atoms with Crippen molar-refractivity contribution in [3.8, 4) is 0 Å². The molecule has 0 aliphatic carbocycles. The Morgan fingerprint density at radius 2 is 1.76 bits per heavy atom. The number of thiophene rings is 1. The smallest absolute Gasteiger partial charge is 0.0496 e. The second-order valence-corrected chi connectivity index (χ2v) is 6.56. The van der Waals surface area contributed by atoms with Crippen molar-refractivity contribution < 1.29 is 0 Å². The molecule has 116 valence electrons. The van der Waals surface area contributed by atoms with Crippen LogP contribution in [0.25, 0.3) is 10.1 Å². The summed E-state index contributed by atoms with van der Waals surface area (Å²) in [6.45, 7) is 11.1. The van der Waals surface area contributed by atoms with Crippen LogP contribution in [-0.4, -0.2) is 23.5 Å². The van der Waals surface area contributed by atoms with E-state index < -0.39 is 0 Å². The molecule has 0 bridgehead atoms. The van der Waals surface area contributed by atoms with Crippen molar-refractivity contribution in [2.75, 3.05) is 13.1 Å². The number of likely N-dealkylation sites (N-methyl/N-ethyl adjacent to an activating group) is 1. The maximum absolute atomic E-state index is 6.84. The van der Waals surface area contributed by atoms with Crippen molar-refractivity contribution in [1.82, 2.24) is 4.90 Å². The first-order valence-electron chi connectivity index (χ1n) is 8.11. The first kappa shape index (κ1) is 16.5.